The van der Waals surface area contributed by atoms with E-state index in [1.807, 2.05) is 13.0 Å². The van der Waals surface area contributed by atoms with E-state index in [1.165, 1.54) is 11.3 Å². The molecule has 0 atom stereocenters. The number of amides is 1. The lowest BCUT2D eigenvalue weighted by atomic mass is 10.2. The molecule has 0 fully saturated rings. The number of hydrogen-bond acceptors (Lipinski definition) is 6. The van der Waals surface area contributed by atoms with Crippen LogP contribution in [0.1, 0.15) is 22.2 Å². The molecule has 1 amide bonds. The van der Waals surface area contributed by atoms with Crippen molar-refractivity contribution in [3.8, 4) is 6.07 Å². The lowest BCUT2D eigenvalue weighted by Crippen LogP contribution is -2.22. The van der Waals surface area contributed by atoms with Crippen LogP contribution in [0.25, 0.3) is 0 Å². The lowest BCUT2D eigenvalue weighted by molar-refractivity contribution is 0.0960. The van der Waals surface area contributed by atoms with Crippen molar-refractivity contribution in [3.63, 3.8) is 0 Å². The van der Waals surface area contributed by atoms with Gasteiger partial charge in [0.2, 0.25) is 0 Å². The molecule has 7 heteroatoms. The number of carbonyl (C=O) groups excluding carboxylic acids is 1. The number of nitriles is 1. The molecule has 0 bridgehead atoms. The van der Waals surface area contributed by atoms with Crippen molar-refractivity contribution in [3.05, 3.63) is 10.4 Å². The Bertz CT molecular complexity index is 464. The van der Waals surface area contributed by atoms with Gasteiger partial charge in [-0.2, -0.15) is 5.26 Å². The quantitative estimate of drug-likeness (QED) is 0.668. The minimum atomic E-state index is -0.253. The lowest BCUT2D eigenvalue weighted by Gasteiger charge is -2.02. The monoisotopic (exact) mass is 268 g/mol. The molecule has 6 nitrogen and oxygen atoms in total. The van der Waals surface area contributed by atoms with Crippen molar-refractivity contribution in [1.29, 1.82) is 5.26 Å². The summed E-state index contributed by atoms with van der Waals surface area (Å²) in [5.74, 6) is -0.253. The van der Waals surface area contributed by atoms with Crippen LogP contribution in [-0.4, -0.2) is 32.7 Å². The van der Waals surface area contributed by atoms with Gasteiger partial charge in [0.05, 0.1) is 12.3 Å². The van der Waals surface area contributed by atoms with Gasteiger partial charge in [0.1, 0.15) is 21.5 Å². The van der Waals surface area contributed by atoms with Crippen LogP contribution >= 0.6 is 11.3 Å². The van der Waals surface area contributed by atoms with Crippen LogP contribution in [0.2, 0.25) is 0 Å². The summed E-state index contributed by atoms with van der Waals surface area (Å²) in [5.41, 5.74) is 6.35. The highest BCUT2D eigenvalue weighted by Gasteiger charge is 2.20. The molecule has 0 aliphatic carbocycles. The van der Waals surface area contributed by atoms with Crippen molar-refractivity contribution in [2.24, 2.45) is 0 Å². The summed E-state index contributed by atoms with van der Waals surface area (Å²) in [6, 6.07) is 2.01. The largest absolute Gasteiger partial charge is 0.396 e. The Kier molecular flexibility index (Phi) is 5.42. The zero-order valence-electron chi connectivity index (χ0n) is 10.4. The fourth-order valence-electron chi connectivity index (χ4n) is 1.36. The Morgan fingerprint density at radius 1 is 1.61 bits per heavy atom. The summed E-state index contributed by atoms with van der Waals surface area (Å²) in [6.45, 7) is 3.41. The molecular weight excluding hydrogens is 252 g/mol. The number of carbonyl (C=O) groups is 1. The second-order valence-electron chi connectivity index (χ2n) is 3.44. The number of hydrogen-bond donors (Lipinski definition) is 3. The summed E-state index contributed by atoms with van der Waals surface area (Å²) in [6.07, 6.45) is 0. The maximum absolute atomic E-state index is 11.7. The molecule has 1 rings (SSSR count). The van der Waals surface area contributed by atoms with Crippen LogP contribution < -0.4 is 16.4 Å². The van der Waals surface area contributed by atoms with Crippen molar-refractivity contribution in [2.45, 2.75) is 6.92 Å². The van der Waals surface area contributed by atoms with Crippen LogP contribution in [0.4, 0.5) is 10.7 Å². The van der Waals surface area contributed by atoms with E-state index in [2.05, 4.69) is 10.6 Å². The summed E-state index contributed by atoms with van der Waals surface area (Å²) < 4.78 is 4.91. The second-order valence-corrected chi connectivity index (χ2v) is 4.46. The van der Waals surface area contributed by atoms with Crippen molar-refractivity contribution in [2.75, 3.05) is 37.9 Å². The SMILES string of the molecule is CCNC(=O)c1sc(NCCOC)c(C#N)c1N. The minimum Gasteiger partial charge on any atom is -0.396 e. The number of methoxy groups -OCH3 is 1. The minimum absolute atomic E-state index is 0.230. The van der Waals surface area contributed by atoms with E-state index in [-0.39, 0.29) is 11.6 Å². The predicted octanol–water partition coefficient (Wildman–Crippen LogP) is 1.01. The molecule has 0 saturated carbocycles. The zero-order valence-corrected chi connectivity index (χ0v) is 11.2. The maximum Gasteiger partial charge on any atom is 0.263 e. The van der Waals surface area contributed by atoms with Gasteiger partial charge in [0.25, 0.3) is 5.91 Å². The van der Waals surface area contributed by atoms with Crippen molar-refractivity contribution >= 4 is 27.9 Å². The molecule has 0 aliphatic rings. The molecule has 0 spiro atoms. The van der Waals surface area contributed by atoms with E-state index in [0.29, 0.717) is 35.1 Å². The number of ether oxygens (including phenoxy) is 1. The molecule has 0 aromatic carbocycles. The topological polar surface area (TPSA) is 100 Å². The first-order chi connectivity index (χ1) is 8.65. The van der Waals surface area contributed by atoms with Crippen LogP contribution in [0, 0.1) is 11.3 Å². The number of anilines is 2. The summed E-state index contributed by atoms with van der Waals surface area (Å²) in [4.78, 5) is 12.1. The number of rotatable bonds is 6. The number of nitrogen functional groups attached to an aromatic ring is 1. The number of nitrogens with one attached hydrogen (secondary N) is 2. The molecule has 0 aliphatic heterocycles. The smallest absolute Gasteiger partial charge is 0.263 e. The fourth-order valence-corrected chi connectivity index (χ4v) is 2.37. The van der Waals surface area contributed by atoms with E-state index >= 15 is 0 Å². The number of nitrogens with two attached hydrogens (primary N) is 1. The third-order valence-electron chi connectivity index (χ3n) is 2.19. The summed E-state index contributed by atoms with van der Waals surface area (Å²) in [7, 11) is 1.59. The summed E-state index contributed by atoms with van der Waals surface area (Å²) in [5, 5.41) is 15.4. The van der Waals surface area contributed by atoms with Crippen molar-refractivity contribution < 1.29 is 9.53 Å². The van der Waals surface area contributed by atoms with Crippen LogP contribution in [-0.2, 0) is 4.74 Å². The zero-order chi connectivity index (χ0) is 13.5. The van der Waals surface area contributed by atoms with E-state index in [1.54, 1.807) is 7.11 Å². The van der Waals surface area contributed by atoms with Gasteiger partial charge in [0.15, 0.2) is 0 Å². The maximum atomic E-state index is 11.7. The average molecular weight is 268 g/mol. The standard InChI is InChI=1S/C11H16N4O2S/c1-3-14-10(16)9-8(13)7(6-12)11(18-9)15-4-5-17-2/h15H,3-5,13H2,1-2H3,(H,14,16). The van der Waals surface area contributed by atoms with E-state index in [0.717, 1.165) is 0 Å². The first kappa shape index (κ1) is 14.3. The van der Waals surface area contributed by atoms with Crippen LogP contribution in [0.3, 0.4) is 0 Å². The Morgan fingerprint density at radius 2 is 2.33 bits per heavy atom. The third-order valence-corrected chi connectivity index (χ3v) is 3.35. The Balaban J connectivity index is 2.95. The number of nitrogens with zero attached hydrogens (tertiary/aromatic N) is 1. The molecule has 0 radical (unpaired) electrons. The van der Waals surface area contributed by atoms with Gasteiger partial charge >= 0.3 is 0 Å². The van der Waals surface area contributed by atoms with Gasteiger partial charge in [-0.05, 0) is 6.92 Å². The fraction of sp³-hybridized carbons (Fsp3) is 0.455. The molecule has 4 N–H and O–H groups in total. The van der Waals surface area contributed by atoms with Crippen LogP contribution in [0.5, 0.6) is 0 Å². The first-order valence-electron chi connectivity index (χ1n) is 5.49. The second kappa shape index (κ2) is 6.83. The van der Waals surface area contributed by atoms with Gasteiger partial charge in [0, 0.05) is 20.2 Å². The molecule has 1 aromatic rings. The highest BCUT2D eigenvalue weighted by atomic mass is 32.1. The third kappa shape index (κ3) is 3.12. The number of thiophene rings is 1. The molecule has 1 aromatic heterocycles. The molecular formula is C11H16N4O2S. The van der Waals surface area contributed by atoms with E-state index < -0.39 is 0 Å². The first-order valence-corrected chi connectivity index (χ1v) is 6.30. The average Bonchev–Trinajstić information content (AvgIpc) is 2.66. The van der Waals surface area contributed by atoms with Gasteiger partial charge in [-0.25, -0.2) is 0 Å². The van der Waals surface area contributed by atoms with Crippen LogP contribution in [0.15, 0.2) is 0 Å². The normalized spacial score (nSPS) is 9.83. The Hall–Kier alpha value is -1.78. The molecule has 1 heterocycles. The highest BCUT2D eigenvalue weighted by molar-refractivity contribution is 7.18. The molecule has 0 saturated heterocycles. The summed E-state index contributed by atoms with van der Waals surface area (Å²) >= 11 is 1.18. The Labute approximate surface area is 110 Å². The van der Waals surface area contributed by atoms with Gasteiger partial charge in [-0.3, -0.25) is 4.79 Å². The molecule has 98 valence electrons. The molecule has 18 heavy (non-hydrogen) atoms. The van der Waals surface area contributed by atoms with E-state index in [4.69, 9.17) is 15.7 Å². The van der Waals surface area contributed by atoms with Gasteiger partial charge in [-0.1, -0.05) is 0 Å². The molecule has 0 unspecified atom stereocenters. The highest BCUT2D eigenvalue weighted by Crippen LogP contribution is 2.34. The van der Waals surface area contributed by atoms with Crippen molar-refractivity contribution in [1.82, 2.24) is 5.32 Å². The Morgan fingerprint density at radius 3 is 2.89 bits per heavy atom. The van der Waals surface area contributed by atoms with Gasteiger partial charge < -0.3 is 21.1 Å². The predicted molar refractivity (Wildman–Crippen MR) is 71.8 cm³/mol. The van der Waals surface area contributed by atoms with E-state index in [9.17, 15) is 4.79 Å². The van der Waals surface area contributed by atoms with Gasteiger partial charge in [-0.15, -0.1) is 11.3 Å².